The monoisotopic (exact) mass is 391 g/mol. The first-order valence-corrected chi connectivity index (χ1v) is 7.11. The molecule has 2 rings (SSSR count). The number of halogens is 1. The highest BCUT2D eigenvalue weighted by molar-refractivity contribution is 8.93. The third-order valence-corrected chi connectivity index (χ3v) is 3.14. The van der Waals surface area contributed by atoms with Crippen LogP contribution in [-0.4, -0.2) is 27.5 Å². The van der Waals surface area contributed by atoms with E-state index in [0.717, 1.165) is 5.56 Å². The summed E-state index contributed by atoms with van der Waals surface area (Å²) in [6.45, 7) is 0.608. The van der Waals surface area contributed by atoms with Crippen molar-refractivity contribution in [1.29, 1.82) is 5.41 Å². The van der Waals surface area contributed by atoms with Gasteiger partial charge in [-0.3, -0.25) is 10.2 Å². The average molecular weight is 392 g/mol. The number of carboxylic acid groups (broad SMARTS) is 1. The van der Waals surface area contributed by atoms with Crippen LogP contribution in [0.5, 0.6) is 5.75 Å². The molecule has 0 aliphatic heterocycles. The number of hydrogen-bond donors (Lipinski definition) is 2. The first-order chi connectivity index (χ1) is 11.1. The van der Waals surface area contributed by atoms with Crippen molar-refractivity contribution in [3.05, 3.63) is 41.9 Å². The summed E-state index contributed by atoms with van der Waals surface area (Å²) in [7, 11) is 0. The van der Waals surface area contributed by atoms with Crippen molar-refractivity contribution in [3.8, 4) is 29.4 Å². The maximum absolute atomic E-state index is 10.6. The molecule has 0 fully saturated rings. The lowest BCUT2D eigenvalue weighted by atomic mass is 10.1. The number of nitrogens with one attached hydrogen (secondary N) is 1. The van der Waals surface area contributed by atoms with Crippen molar-refractivity contribution in [2.45, 2.75) is 19.4 Å². The maximum Gasteiger partial charge on any atom is 0.303 e. The minimum atomic E-state index is -0.851. The SMILES string of the molecule is Br.C#CCOc1ccc(-c2ccc(=N)n(CCCC(=O)O)n2)cc1. The van der Waals surface area contributed by atoms with Crippen molar-refractivity contribution in [3.63, 3.8) is 0 Å². The van der Waals surface area contributed by atoms with Gasteiger partial charge in [-0.05, 0) is 42.8 Å². The zero-order chi connectivity index (χ0) is 16.7. The van der Waals surface area contributed by atoms with Crippen LogP contribution in [0.4, 0.5) is 0 Å². The highest BCUT2D eigenvalue weighted by atomic mass is 79.9. The molecule has 7 heteroatoms. The summed E-state index contributed by atoms with van der Waals surface area (Å²) < 4.78 is 6.82. The van der Waals surface area contributed by atoms with Crippen molar-refractivity contribution < 1.29 is 14.6 Å². The summed E-state index contributed by atoms with van der Waals surface area (Å²) in [4.78, 5) is 10.6. The Bertz CT molecular complexity index is 779. The van der Waals surface area contributed by atoms with E-state index >= 15 is 0 Å². The topological polar surface area (TPSA) is 88.2 Å². The molecule has 0 aliphatic rings. The third kappa shape index (κ3) is 5.56. The molecular weight excluding hydrogens is 374 g/mol. The van der Waals surface area contributed by atoms with Gasteiger partial charge < -0.3 is 9.84 Å². The van der Waals surface area contributed by atoms with E-state index in [1.807, 2.05) is 12.1 Å². The van der Waals surface area contributed by atoms with Gasteiger partial charge in [0.2, 0.25) is 0 Å². The number of carbonyl (C=O) groups is 1. The summed E-state index contributed by atoms with van der Waals surface area (Å²) in [6, 6.07) is 10.7. The quantitative estimate of drug-likeness (QED) is 0.709. The Balaban J connectivity index is 0.00000288. The van der Waals surface area contributed by atoms with Crippen LogP contribution in [0, 0.1) is 17.8 Å². The number of benzene rings is 1. The average Bonchev–Trinajstić information content (AvgIpc) is 2.55. The number of aromatic nitrogens is 2. The first kappa shape index (κ1) is 19.5. The van der Waals surface area contributed by atoms with Crippen LogP contribution in [0.3, 0.4) is 0 Å². The van der Waals surface area contributed by atoms with Gasteiger partial charge in [0.15, 0.2) is 0 Å². The van der Waals surface area contributed by atoms with Gasteiger partial charge in [0.25, 0.3) is 0 Å². The fraction of sp³-hybridized carbons (Fsp3) is 0.235. The van der Waals surface area contributed by atoms with Crippen LogP contribution >= 0.6 is 17.0 Å². The molecule has 0 spiro atoms. The van der Waals surface area contributed by atoms with Crippen LogP contribution in [0.1, 0.15) is 12.8 Å². The number of nitrogens with zero attached hydrogens (tertiary/aromatic N) is 2. The Morgan fingerprint density at radius 3 is 2.62 bits per heavy atom. The minimum absolute atomic E-state index is 0. The Kier molecular flexibility index (Phi) is 7.72. The summed E-state index contributed by atoms with van der Waals surface area (Å²) >= 11 is 0. The summed E-state index contributed by atoms with van der Waals surface area (Å²) in [5.74, 6) is 2.23. The lowest BCUT2D eigenvalue weighted by Crippen LogP contribution is -2.22. The van der Waals surface area contributed by atoms with Crippen molar-refractivity contribution in [2.24, 2.45) is 0 Å². The second kappa shape index (κ2) is 9.53. The molecule has 24 heavy (non-hydrogen) atoms. The van der Waals surface area contributed by atoms with E-state index in [-0.39, 0.29) is 35.5 Å². The van der Waals surface area contributed by atoms with Crippen molar-refractivity contribution >= 4 is 23.0 Å². The van der Waals surface area contributed by atoms with Crippen LogP contribution in [0.15, 0.2) is 36.4 Å². The van der Waals surface area contributed by atoms with Gasteiger partial charge in [-0.1, -0.05) is 5.92 Å². The standard InChI is InChI=1S/C17H17N3O3.BrH/c1-2-12-23-14-7-5-13(6-8-14)15-9-10-16(18)20(19-15)11-3-4-17(21)22;/h1,5-10,18H,3-4,11-12H2,(H,21,22);1H. The molecule has 0 aliphatic carbocycles. The lowest BCUT2D eigenvalue weighted by Gasteiger charge is -2.08. The molecule has 126 valence electrons. The predicted octanol–water partition coefficient (Wildman–Crippen LogP) is 2.48. The number of ether oxygens (including phenoxy) is 1. The molecule has 0 unspecified atom stereocenters. The number of aliphatic carboxylic acids is 1. The molecule has 2 aromatic rings. The summed E-state index contributed by atoms with van der Waals surface area (Å²) in [6.07, 6.45) is 5.63. The molecule has 1 aromatic carbocycles. The molecule has 2 N–H and O–H groups in total. The van der Waals surface area contributed by atoms with Crippen molar-refractivity contribution in [1.82, 2.24) is 9.78 Å². The summed E-state index contributed by atoms with van der Waals surface area (Å²) in [5.41, 5.74) is 1.83. The van der Waals surface area contributed by atoms with Crippen LogP contribution in [0.2, 0.25) is 0 Å². The fourth-order valence-electron chi connectivity index (χ4n) is 2.01. The van der Waals surface area contributed by atoms with E-state index in [4.69, 9.17) is 21.7 Å². The van der Waals surface area contributed by atoms with Gasteiger partial charge in [0.05, 0.1) is 5.69 Å². The van der Waals surface area contributed by atoms with E-state index in [1.165, 1.54) is 4.68 Å². The Morgan fingerprint density at radius 2 is 2.00 bits per heavy atom. The zero-order valence-corrected chi connectivity index (χ0v) is 14.6. The Labute approximate surface area is 150 Å². The predicted molar refractivity (Wildman–Crippen MR) is 95.0 cm³/mol. The fourth-order valence-corrected chi connectivity index (χ4v) is 2.01. The largest absolute Gasteiger partial charge is 0.481 e. The number of aryl methyl sites for hydroxylation is 1. The molecule has 0 saturated heterocycles. The number of terminal acetylenes is 1. The van der Waals surface area contributed by atoms with E-state index in [9.17, 15) is 4.79 Å². The second-order valence-electron chi connectivity index (χ2n) is 4.84. The molecule has 0 amide bonds. The smallest absolute Gasteiger partial charge is 0.303 e. The molecule has 0 radical (unpaired) electrons. The molecule has 1 heterocycles. The molecule has 6 nitrogen and oxygen atoms in total. The highest BCUT2D eigenvalue weighted by Crippen LogP contribution is 2.19. The third-order valence-electron chi connectivity index (χ3n) is 3.14. The zero-order valence-electron chi connectivity index (χ0n) is 12.9. The summed E-state index contributed by atoms with van der Waals surface area (Å²) in [5, 5.41) is 20.9. The van der Waals surface area contributed by atoms with Gasteiger partial charge in [0, 0.05) is 18.5 Å². The number of carboxylic acids is 1. The Morgan fingerprint density at radius 1 is 1.29 bits per heavy atom. The first-order valence-electron chi connectivity index (χ1n) is 7.11. The molecular formula is C17H18BrN3O3. The van der Waals surface area contributed by atoms with Crippen LogP contribution in [-0.2, 0) is 11.3 Å². The van der Waals surface area contributed by atoms with Crippen LogP contribution in [0.25, 0.3) is 11.3 Å². The van der Waals surface area contributed by atoms with Gasteiger partial charge in [-0.2, -0.15) is 5.10 Å². The van der Waals surface area contributed by atoms with E-state index in [1.54, 1.807) is 24.3 Å². The van der Waals surface area contributed by atoms with Crippen LogP contribution < -0.4 is 10.2 Å². The molecule has 1 aromatic heterocycles. The van der Waals surface area contributed by atoms with Gasteiger partial charge in [0.1, 0.15) is 17.8 Å². The molecule has 0 saturated carbocycles. The van der Waals surface area contributed by atoms with E-state index in [0.29, 0.717) is 24.4 Å². The minimum Gasteiger partial charge on any atom is -0.481 e. The highest BCUT2D eigenvalue weighted by Gasteiger charge is 2.04. The second-order valence-corrected chi connectivity index (χ2v) is 4.84. The molecule has 0 bridgehead atoms. The van der Waals surface area contributed by atoms with E-state index < -0.39 is 5.97 Å². The lowest BCUT2D eigenvalue weighted by molar-refractivity contribution is -0.137. The normalized spacial score (nSPS) is 9.62. The van der Waals surface area contributed by atoms with Gasteiger partial charge in [-0.25, -0.2) is 4.68 Å². The number of rotatable bonds is 7. The Hall–Kier alpha value is -2.59. The van der Waals surface area contributed by atoms with Gasteiger partial charge in [-0.15, -0.1) is 23.4 Å². The van der Waals surface area contributed by atoms with Crippen molar-refractivity contribution in [2.75, 3.05) is 6.61 Å². The number of hydrogen-bond acceptors (Lipinski definition) is 4. The van der Waals surface area contributed by atoms with Gasteiger partial charge >= 0.3 is 5.97 Å². The van der Waals surface area contributed by atoms with E-state index in [2.05, 4.69) is 11.0 Å². The maximum atomic E-state index is 10.6. The molecule has 0 atom stereocenters.